The maximum absolute atomic E-state index is 13.4. The van der Waals surface area contributed by atoms with E-state index in [-0.39, 0.29) is 11.6 Å². The van der Waals surface area contributed by atoms with E-state index in [9.17, 15) is 9.18 Å². The van der Waals surface area contributed by atoms with E-state index in [1.54, 1.807) is 0 Å². The summed E-state index contributed by atoms with van der Waals surface area (Å²) in [5.41, 5.74) is 6.13. The Morgan fingerprint density at radius 1 is 1.53 bits per heavy atom. The predicted molar refractivity (Wildman–Crippen MR) is 56.5 cm³/mol. The Morgan fingerprint density at radius 3 is 2.93 bits per heavy atom. The zero-order chi connectivity index (χ0) is 11.0. The van der Waals surface area contributed by atoms with Crippen molar-refractivity contribution in [1.82, 2.24) is 0 Å². The fourth-order valence-electron chi connectivity index (χ4n) is 1.82. The Bertz CT molecular complexity index is 422. The van der Waals surface area contributed by atoms with E-state index < -0.39 is 11.7 Å². The quantitative estimate of drug-likeness (QED) is 0.812. The molecule has 1 unspecified atom stereocenters. The molecule has 2 rings (SSSR count). The first kappa shape index (κ1) is 10.4. The van der Waals surface area contributed by atoms with E-state index >= 15 is 0 Å². The second-order valence-corrected chi connectivity index (χ2v) is 3.84. The van der Waals surface area contributed by atoms with Crippen LogP contribution < -0.4 is 11.1 Å². The number of hydrogen-bond acceptors (Lipinski definition) is 2. The number of hydrogen-bond donors (Lipinski definition) is 2. The summed E-state index contributed by atoms with van der Waals surface area (Å²) in [5.74, 6) is -1.11. The van der Waals surface area contributed by atoms with Gasteiger partial charge in [0.15, 0.2) is 0 Å². The van der Waals surface area contributed by atoms with Gasteiger partial charge in [-0.25, -0.2) is 4.39 Å². The summed E-state index contributed by atoms with van der Waals surface area (Å²) in [7, 11) is 0. The van der Waals surface area contributed by atoms with Gasteiger partial charge in [0.2, 0.25) is 5.91 Å². The van der Waals surface area contributed by atoms with Crippen molar-refractivity contribution in [3.05, 3.63) is 28.5 Å². The van der Waals surface area contributed by atoms with Crippen LogP contribution in [0, 0.1) is 5.82 Å². The number of nitrogens with one attached hydrogen (secondary N) is 1. The van der Waals surface area contributed by atoms with E-state index in [0.717, 1.165) is 0 Å². The second-order valence-electron chi connectivity index (χ2n) is 3.44. The van der Waals surface area contributed by atoms with Gasteiger partial charge < -0.3 is 11.1 Å². The van der Waals surface area contributed by atoms with Crippen LogP contribution in [0.5, 0.6) is 0 Å². The van der Waals surface area contributed by atoms with Crippen LogP contribution in [0.1, 0.15) is 17.9 Å². The Labute approximate surface area is 91.4 Å². The van der Waals surface area contributed by atoms with Gasteiger partial charge in [-0.15, -0.1) is 0 Å². The molecule has 0 spiro atoms. The molecule has 0 saturated carbocycles. The van der Waals surface area contributed by atoms with Crippen molar-refractivity contribution in [3.63, 3.8) is 0 Å². The van der Waals surface area contributed by atoms with Crippen molar-refractivity contribution in [3.8, 4) is 0 Å². The summed E-state index contributed by atoms with van der Waals surface area (Å²) >= 11 is 5.94. The minimum Gasteiger partial charge on any atom is -0.330 e. The number of carbonyl (C=O) groups excluding carboxylic acids is 1. The van der Waals surface area contributed by atoms with Crippen LogP contribution in [0.3, 0.4) is 0 Å². The lowest BCUT2D eigenvalue weighted by Gasteiger charge is -2.08. The van der Waals surface area contributed by atoms with Crippen molar-refractivity contribution < 1.29 is 9.18 Å². The van der Waals surface area contributed by atoms with Crippen molar-refractivity contribution in [2.24, 2.45) is 5.73 Å². The van der Waals surface area contributed by atoms with Gasteiger partial charge in [-0.3, -0.25) is 4.79 Å². The van der Waals surface area contributed by atoms with Gasteiger partial charge in [-0.05, 0) is 25.1 Å². The largest absolute Gasteiger partial charge is 0.330 e. The number of nitrogens with two attached hydrogens (primary N) is 1. The SMILES string of the molecule is NCCC1C(=O)Nc2c(F)ccc(Cl)c21. The summed E-state index contributed by atoms with van der Waals surface area (Å²) in [4.78, 5) is 11.5. The third-order valence-electron chi connectivity index (χ3n) is 2.51. The second kappa shape index (κ2) is 3.79. The molecular formula is C10H10ClFN2O. The third kappa shape index (κ3) is 1.60. The molecule has 1 amide bonds. The van der Waals surface area contributed by atoms with Crippen molar-refractivity contribution in [1.29, 1.82) is 0 Å². The van der Waals surface area contributed by atoms with Crippen molar-refractivity contribution in [2.75, 3.05) is 11.9 Å². The third-order valence-corrected chi connectivity index (χ3v) is 2.84. The standard InChI is InChI=1S/C10H10ClFN2O/c11-6-1-2-7(12)9-8(6)5(3-4-13)10(15)14-9/h1-2,5H,3-4,13H2,(H,14,15). The lowest BCUT2D eigenvalue weighted by molar-refractivity contribution is -0.117. The van der Waals surface area contributed by atoms with Gasteiger partial charge >= 0.3 is 0 Å². The first-order valence-corrected chi connectivity index (χ1v) is 5.01. The number of rotatable bonds is 2. The van der Waals surface area contributed by atoms with Crippen LogP contribution in [-0.2, 0) is 4.79 Å². The Hall–Kier alpha value is -1.13. The Kier molecular flexibility index (Phi) is 2.63. The molecule has 15 heavy (non-hydrogen) atoms. The molecule has 3 N–H and O–H groups in total. The van der Waals surface area contributed by atoms with Crippen LogP contribution in [0.25, 0.3) is 0 Å². The number of anilines is 1. The predicted octanol–water partition coefficient (Wildman–Crippen LogP) is 1.86. The molecule has 0 saturated heterocycles. The van der Waals surface area contributed by atoms with Crippen molar-refractivity contribution in [2.45, 2.75) is 12.3 Å². The van der Waals surface area contributed by atoms with Gasteiger partial charge in [0.25, 0.3) is 0 Å². The normalized spacial score (nSPS) is 18.9. The maximum Gasteiger partial charge on any atom is 0.232 e. The van der Waals surface area contributed by atoms with E-state index in [1.165, 1.54) is 12.1 Å². The molecule has 0 aromatic heterocycles. The van der Waals surface area contributed by atoms with Gasteiger partial charge in [-0.1, -0.05) is 11.6 Å². The van der Waals surface area contributed by atoms with Gasteiger partial charge in [-0.2, -0.15) is 0 Å². The molecule has 80 valence electrons. The molecule has 5 heteroatoms. The summed E-state index contributed by atoms with van der Waals surface area (Å²) in [6, 6.07) is 2.70. The highest BCUT2D eigenvalue weighted by atomic mass is 35.5. The van der Waals surface area contributed by atoms with Crippen molar-refractivity contribution >= 4 is 23.2 Å². The van der Waals surface area contributed by atoms with E-state index in [0.29, 0.717) is 23.6 Å². The van der Waals surface area contributed by atoms with E-state index in [2.05, 4.69) is 5.32 Å². The van der Waals surface area contributed by atoms with Crippen LogP contribution in [-0.4, -0.2) is 12.5 Å². The molecule has 1 heterocycles. The highest BCUT2D eigenvalue weighted by Gasteiger charge is 2.33. The molecule has 0 fully saturated rings. The monoisotopic (exact) mass is 228 g/mol. The number of halogens is 2. The minimum atomic E-state index is -0.456. The molecule has 1 aromatic rings. The average molecular weight is 229 g/mol. The molecule has 1 aliphatic heterocycles. The van der Waals surface area contributed by atoms with Crippen LogP contribution in [0.15, 0.2) is 12.1 Å². The average Bonchev–Trinajstić information content (AvgIpc) is 2.53. The highest BCUT2D eigenvalue weighted by Crippen LogP contribution is 2.40. The fraction of sp³-hybridized carbons (Fsp3) is 0.300. The Morgan fingerprint density at radius 2 is 2.27 bits per heavy atom. The van der Waals surface area contributed by atoms with Crippen LogP contribution in [0.2, 0.25) is 5.02 Å². The smallest absolute Gasteiger partial charge is 0.232 e. The lowest BCUT2D eigenvalue weighted by atomic mass is 9.97. The van der Waals surface area contributed by atoms with Gasteiger partial charge in [0, 0.05) is 10.6 Å². The molecule has 0 radical (unpaired) electrons. The molecule has 0 aliphatic carbocycles. The molecule has 1 aliphatic rings. The van der Waals surface area contributed by atoms with Crippen LogP contribution >= 0.6 is 11.6 Å². The first-order chi connectivity index (χ1) is 7.15. The summed E-state index contributed by atoms with van der Waals surface area (Å²) < 4.78 is 13.4. The number of carbonyl (C=O) groups is 1. The summed E-state index contributed by atoms with van der Waals surface area (Å²) in [5, 5.41) is 2.89. The topological polar surface area (TPSA) is 55.1 Å². The molecule has 1 atom stereocenters. The minimum absolute atomic E-state index is 0.200. The lowest BCUT2D eigenvalue weighted by Crippen LogP contribution is -2.15. The first-order valence-electron chi connectivity index (χ1n) is 4.64. The number of fused-ring (bicyclic) bond motifs is 1. The summed E-state index contributed by atoms with van der Waals surface area (Å²) in [6.45, 7) is 0.365. The van der Waals surface area contributed by atoms with E-state index in [1.807, 2.05) is 0 Å². The van der Waals surface area contributed by atoms with E-state index in [4.69, 9.17) is 17.3 Å². The van der Waals surface area contributed by atoms with Gasteiger partial charge in [0.05, 0.1) is 11.6 Å². The zero-order valence-corrected chi connectivity index (χ0v) is 8.64. The molecular weight excluding hydrogens is 219 g/mol. The molecule has 3 nitrogen and oxygen atoms in total. The van der Waals surface area contributed by atoms with Crippen LogP contribution in [0.4, 0.5) is 10.1 Å². The number of amides is 1. The maximum atomic E-state index is 13.4. The number of benzene rings is 1. The Balaban J connectivity index is 2.52. The molecule has 0 bridgehead atoms. The zero-order valence-electron chi connectivity index (χ0n) is 7.89. The fourth-order valence-corrected chi connectivity index (χ4v) is 2.11. The van der Waals surface area contributed by atoms with Gasteiger partial charge in [0.1, 0.15) is 5.82 Å². The highest BCUT2D eigenvalue weighted by molar-refractivity contribution is 6.32. The summed E-state index contributed by atoms with van der Waals surface area (Å²) in [6.07, 6.45) is 0.474. The molecule has 1 aromatic carbocycles.